The van der Waals surface area contributed by atoms with E-state index in [9.17, 15) is 22.8 Å². The number of hydrogen-bond acceptors (Lipinski definition) is 5. The lowest BCUT2D eigenvalue weighted by Crippen LogP contribution is -2.42. The number of alkyl halides is 3. The molecule has 2 heterocycles. The first kappa shape index (κ1) is 25.1. The maximum atomic E-state index is 14.0. The number of carbonyl (C=O) groups is 2. The fourth-order valence-corrected chi connectivity index (χ4v) is 5.18. The Balaban J connectivity index is 1.52. The molecule has 0 aliphatic carbocycles. The number of nitrogens with zero attached hydrogens (tertiary/aromatic N) is 1. The lowest BCUT2D eigenvalue weighted by atomic mass is 9.95. The van der Waals surface area contributed by atoms with Gasteiger partial charge in [0.15, 0.2) is 5.75 Å². The molecule has 0 unspecified atom stereocenters. The molecule has 6 nitrogen and oxygen atoms in total. The van der Waals surface area contributed by atoms with E-state index >= 15 is 0 Å². The molecule has 0 saturated carbocycles. The van der Waals surface area contributed by atoms with E-state index in [2.05, 4.69) is 11.9 Å². The third kappa shape index (κ3) is 5.65. The fourth-order valence-electron chi connectivity index (χ4n) is 4.17. The molecule has 35 heavy (non-hydrogen) atoms. The molecule has 2 amide bonds. The number of amides is 2. The summed E-state index contributed by atoms with van der Waals surface area (Å²) in [6, 6.07) is 8.99. The van der Waals surface area contributed by atoms with Gasteiger partial charge in [-0.1, -0.05) is 24.4 Å². The molecule has 186 valence electrons. The summed E-state index contributed by atoms with van der Waals surface area (Å²) < 4.78 is 41.9. The minimum Gasteiger partial charge on any atom is -0.359 e. The molecule has 2 aliphatic heterocycles. The summed E-state index contributed by atoms with van der Waals surface area (Å²) in [5, 5.41) is 2.60. The van der Waals surface area contributed by atoms with E-state index in [0.29, 0.717) is 49.6 Å². The normalized spacial score (nSPS) is 16.3. The van der Waals surface area contributed by atoms with Crippen LogP contribution in [-0.4, -0.2) is 43.5 Å². The van der Waals surface area contributed by atoms with Crippen LogP contribution in [0.1, 0.15) is 29.5 Å². The monoisotopic (exact) mass is 506 g/mol. The van der Waals surface area contributed by atoms with Crippen LogP contribution in [0.3, 0.4) is 0 Å². The van der Waals surface area contributed by atoms with Gasteiger partial charge in [-0.05, 0) is 48.7 Å². The average molecular weight is 507 g/mol. The van der Waals surface area contributed by atoms with Crippen LogP contribution in [0.15, 0.2) is 52.8 Å². The second kappa shape index (κ2) is 10.3. The van der Waals surface area contributed by atoms with Crippen LogP contribution in [0.5, 0.6) is 5.75 Å². The minimum absolute atomic E-state index is 0.00336. The fraction of sp³-hybridized carbons (Fsp3) is 0.360. The molecular weight excluding hydrogens is 481 g/mol. The van der Waals surface area contributed by atoms with E-state index in [1.807, 2.05) is 0 Å². The van der Waals surface area contributed by atoms with Crippen molar-refractivity contribution in [3.05, 3.63) is 59.7 Å². The van der Waals surface area contributed by atoms with Gasteiger partial charge >= 0.3 is 6.18 Å². The highest BCUT2D eigenvalue weighted by molar-refractivity contribution is 7.99. The van der Waals surface area contributed by atoms with E-state index in [0.717, 1.165) is 23.4 Å². The summed E-state index contributed by atoms with van der Waals surface area (Å²) in [6.45, 7) is 4.86. The molecule has 2 aliphatic rings. The van der Waals surface area contributed by atoms with Crippen LogP contribution in [-0.2, 0) is 27.1 Å². The second-order valence-corrected chi connectivity index (χ2v) is 9.51. The zero-order chi connectivity index (χ0) is 25.2. The van der Waals surface area contributed by atoms with Crippen LogP contribution in [0.4, 0.5) is 13.2 Å². The van der Waals surface area contributed by atoms with Gasteiger partial charge in [0.2, 0.25) is 5.91 Å². The Bertz CT molecular complexity index is 1140. The highest BCUT2D eigenvalue weighted by Crippen LogP contribution is 2.42. The van der Waals surface area contributed by atoms with E-state index in [4.69, 9.17) is 9.78 Å². The van der Waals surface area contributed by atoms with Crippen LogP contribution in [0.25, 0.3) is 5.57 Å². The molecule has 0 bridgehead atoms. The number of halogens is 3. The largest absolute Gasteiger partial charge is 0.417 e. The molecule has 2 aromatic rings. The van der Waals surface area contributed by atoms with Crippen molar-refractivity contribution in [3.8, 4) is 5.75 Å². The van der Waals surface area contributed by atoms with Crippen LogP contribution in [0.2, 0.25) is 0 Å². The highest BCUT2D eigenvalue weighted by Gasteiger charge is 2.35. The third-order valence-corrected chi connectivity index (χ3v) is 7.22. The quantitative estimate of drug-likeness (QED) is 0.470. The Kier molecular flexibility index (Phi) is 7.42. The summed E-state index contributed by atoms with van der Waals surface area (Å²) in [7, 11) is 1.57. The first-order valence-electron chi connectivity index (χ1n) is 11.2. The minimum atomic E-state index is -4.61. The number of hydrogen-bond donors (Lipinski definition) is 1. The summed E-state index contributed by atoms with van der Waals surface area (Å²) in [6.07, 6.45) is -3.00. The van der Waals surface area contributed by atoms with Gasteiger partial charge in [-0.3, -0.25) is 9.59 Å². The van der Waals surface area contributed by atoms with Crippen molar-refractivity contribution >= 4 is 29.1 Å². The number of likely N-dealkylation sites (tertiary alicyclic amines) is 1. The third-order valence-electron chi connectivity index (χ3n) is 6.15. The molecule has 10 heteroatoms. The Morgan fingerprint density at radius 3 is 2.57 bits per heavy atom. The number of benzene rings is 2. The Morgan fingerprint density at radius 1 is 1.14 bits per heavy atom. The standard InChI is InChI=1S/C25H25F3N2O4S/c1-15(24(32)30-10-7-16(8-11-30)23(31)29-2)17-3-6-22(20(14-17)25(26,27)28)35-19-4-5-21-18(13-19)9-12-33-34-21/h3-6,13-14,16H,1,7-12H2,2H3,(H,29,31). The van der Waals surface area contributed by atoms with Gasteiger partial charge < -0.3 is 15.1 Å². The lowest BCUT2D eigenvalue weighted by Gasteiger charge is -2.31. The molecule has 0 aromatic heterocycles. The summed E-state index contributed by atoms with van der Waals surface area (Å²) in [4.78, 5) is 37.0. The first-order valence-corrected chi connectivity index (χ1v) is 12.0. The van der Waals surface area contributed by atoms with Crippen LogP contribution < -0.4 is 10.2 Å². The van der Waals surface area contributed by atoms with Crippen molar-refractivity contribution in [3.63, 3.8) is 0 Å². The molecule has 0 atom stereocenters. The van der Waals surface area contributed by atoms with E-state index in [-0.39, 0.29) is 27.9 Å². The van der Waals surface area contributed by atoms with Gasteiger partial charge in [-0.2, -0.15) is 18.1 Å². The number of carbonyl (C=O) groups excluding carboxylic acids is 2. The lowest BCUT2D eigenvalue weighted by molar-refractivity contribution is -0.215. The molecule has 0 radical (unpaired) electrons. The van der Waals surface area contributed by atoms with E-state index in [1.54, 1.807) is 25.2 Å². The highest BCUT2D eigenvalue weighted by atomic mass is 32.2. The Labute approximate surface area is 205 Å². The molecule has 1 fully saturated rings. The average Bonchev–Trinajstić information content (AvgIpc) is 2.87. The van der Waals surface area contributed by atoms with Crippen molar-refractivity contribution in [1.82, 2.24) is 10.2 Å². The van der Waals surface area contributed by atoms with Crippen molar-refractivity contribution < 1.29 is 32.5 Å². The molecule has 4 rings (SSSR count). The van der Waals surface area contributed by atoms with Gasteiger partial charge in [0.25, 0.3) is 5.91 Å². The van der Waals surface area contributed by atoms with Crippen molar-refractivity contribution in [2.45, 2.75) is 35.2 Å². The van der Waals surface area contributed by atoms with Crippen LogP contribution in [0, 0.1) is 5.92 Å². The second-order valence-electron chi connectivity index (χ2n) is 8.39. The zero-order valence-corrected chi connectivity index (χ0v) is 19.9. The maximum absolute atomic E-state index is 14.0. The smallest absolute Gasteiger partial charge is 0.359 e. The number of rotatable bonds is 5. The first-order chi connectivity index (χ1) is 16.7. The van der Waals surface area contributed by atoms with Gasteiger partial charge in [-0.25, -0.2) is 0 Å². The predicted molar refractivity (Wildman–Crippen MR) is 125 cm³/mol. The summed E-state index contributed by atoms with van der Waals surface area (Å²) >= 11 is 0.997. The molecule has 2 aromatic carbocycles. The number of nitrogens with one attached hydrogen (secondary N) is 1. The summed E-state index contributed by atoms with van der Waals surface area (Å²) in [5.41, 5.74) is 0.155. The molecular formula is C25H25F3N2O4S. The van der Waals surface area contributed by atoms with Gasteiger partial charge in [-0.15, -0.1) is 0 Å². The van der Waals surface area contributed by atoms with Crippen LogP contribution >= 0.6 is 11.8 Å². The summed E-state index contributed by atoms with van der Waals surface area (Å²) in [5.74, 6) is -0.112. The molecule has 0 spiro atoms. The SMILES string of the molecule is C=C(C(=O)N1CCC(C(=O)NC)CC1)c1ccc(Sc2ccc3c(c2)CCOO3)c(C(F)(F)F)c1. The molecule has 1 saturated heterocycles. The topological polar surface area (TPSA) is 67.9 Å². The van der Waals surface area contributed by atoms with Crippen molar-refractivity contribution in [2.75, 3.05) is 26.7 Å². The maximum Gasteiger partial charge on any atom is 0.417 e. The zero-order valence-electron chi connectivity index (χ0n) is 19.1. The van der Waals surface area contributed by atoms with Crippen molar-refractivity contribution in [2.24, 2.45) is 5.92 Å². The van der Waals surface area contributed by atoms with Crippen molar-refractivity contribution in [1.29, 1.82) is 0 Å². The Morgan fingerprint density at radius 2 is 1.89 bits per heavy atom. The molecule has 1 N–H and O–H groups in total. The van der Waals surface area contributed by atoms with E-state index in [1.165, 1.54) is 17.0 Å². The van der Waals surface area contributed by atoms with Gasteiger partial charge in [0.05, 0.1) is 12.2 Å². The van der Waals surface area contributed by atoms with Gasteiger partial charge in [0.1, 0.15) is 0 Å². The number of piperidine rings is 1. The van der Waals surface area contributed by atoms with Gasteiger partial charge in [0, 0.05) is 53.4 Å². The Hall–Kier alpha value is -2.98. The predicted octanol–water partition coefficient (Wildman–Crippen LogP) is 4.72. The van der Waals surface area contributed by atoms with E-state index < -0.39 is 17.6 Å². The number of fused-ring (bicyclic) bond motifs is 1.